The highest BCUT2D eigenvalue weighted by molar-refractivity contribution is 9.09. The lowest BCUT2D eigenvalue weighted by Crippen LogP contribution is -2.13. The monoisotopic (exact) mass is 348 g/mol. The molecule has 0 heterocycles. The van der Waals surface area contributed by atoms with Crippen LogP contribution in [0.5, 0.6) is 5.75 Å². The first-order valence-electron chi connectivity index (χ1n) is 6.81. The van der Waals surface area contributed by atoms with E-state index < -0.39 is 11.6 Å². The van der Waals surface area contributed by atoms with E-state index in [1.54, 1.807) is 0 Å². The number of hydrogen-bond donors (Lipinski definition) is 0. The Morgan fingerprint density at radius 2 is 1.70 bits per heavy atom. The molecule has 0 spiro atoms. The molecule has 114 valence electrons. The summed E-state index contributed by atoms with van der Waals surface area (Å²) in [6.45, 7) is 8.61. The van der Waals surface area contributed by atoms with Crippen LogP contribution in [0.4, 0.5) is 8.78 Å². The number of benzene rings is 1. The Kier molecular flexibility index (Phi) is 5.99. The lowest BCUT2D eigenvalue weighted by atomic mass is 9.83. The maximum Gasteiger partial charge on any atom is 0.134 e. The molecule has 4 heteroatoms. The van der Waals surface area contributed by atoms with Gasteiger partial charge in [0.25, 0.3) is 0 Å². The van der Waals surface area contributed by atoms with Gasteiger partial charge in [-0.2, -0.15) is 0 Å². The number of halogens is 3. The van der Waals surface area contributed by atoms with Crippen molar-refractivity contribution in [1.82, 2.24) is 0 Å². The summed E-state index contributed by atoms with van der Waals surface area (Å²) in [7, 11) is 1.39. The van der Waals surface area contributed by atoms with Crippen LogP contribution in [-0.4, -0.2) is 7.11 Å². The second-order valence-electron chi connectivity index (χ2n) is 6.58. The summed E-state index contributed by atoms with van der Waals surface area (Å²) in [5, 5.41) is 0. The summed E-state index contributed by atoms with van der Waals surface area (Å²) in [4.78, 5) is -0.328. The number of methoxy groups -OCH3 is 1. The van der Waals surface area contributed by atoms with Crippen LogP contribution in [0.2, 0.25) is 0 Å². The molecule has 0 fully saturated rings. The van der Waals surface area contributed by atoms with E-state index in [1.165, 1.54) is 19.2 Å². The standard InChI is InChI=1S/C16H23BrF2O/c1-10(9-16(2,3)4)6-12(17)15-13(18)7-11(20-5)8-14(15)19/h7-8,10,12H,6,9H2,1-5H3. The van der Waals surface area contributed by atoms with Crippen LogP contribution in [0.25, 0.3) is 0 Å². The van der Waals surface area contributed by atoms with E-state index in [1.807, 2.05) is 0 Å². The normalized spacial score (nSPS) is 15.0. The first kappa shape index (κ1) is 17.4. The molecular formula is C16H23BrF2O. The zero-order valence-electron chi connectivity index (χ0n) is 12.8. The van der Waals surface area contributed by atoms with Crippen molar-refractivity contribution in [2.75, 3.05) is 7.11 Å². The van der Waals surface area contributed by atoms with Crippen LogP contribution in [0.1, 0.15) is 50.9 Å². The van der Waals surface area contributed by atoms with Gasteiger partial charge in [0.05, 0.1) is 7.11 Å². The van der Waals surface area contributed by atoms with Gasteiger partial charge in [-0.05, 0) is 24.2 Å². The first-order chi connectivity index (χ1) is 9.14. The average Bonchev–Trinajstić information content (AvgIpc) is 2.24. The lowest BCUT2D eigenvalue weighted by molar-refractivity contribution is 0.295. The molecule has 0 bridgehead atoms. The van der Waals surface area contributed by atoms with Crippen molar-refractivity contribution in [2.45, 2.75) is 45.4 Å². The quantitative estimate of drug-likeness (QED) is 0.604. The van der Waals surface area contributed by atoms with Crippen LogP contribution >= 0.6 is 15.9 Å². The van der Waals surface area contributed by atoms with Crippen LogP contribution in [0.15, 0.2) is 12.1 Å². The number of rotatable bonds is 5. The van der Waals surface area contributed by atoms with Crippen molar-refractivity contribution in [3.8, 4) is 5.75 Å². The highest BCUT2D eigenvalue weighted by Crippen LogP contribution is 2.38. The molecule has 0 N–H and O–H groups in total. The van der Waals surface area contributed by atoms with E-state index in [-0.39, 0.29) is 21.6 Å². The highest BCUT2D eigenvalue weighted by atomic mass is 79.9. The molecule has 0 aliphatic heterocycles. The topological polar surface area (TPSA) is 9.23 Å². The van der Waals surface area contributed by atoms with Gasteiger partial charge in [0.1, 0.15) is 17.4 Å². The van der Waals surface area contributed by atoms with E-state index in [9.17, 15) is 8.78 Å². The van der Waals surface area contributed by atoms with Crippen molar-refractivity contribution in [2.24, 2.45) is 11.3 Å². The first-order valence-corrected chi connectivity index (χ1v) is 7.72. The maximum absolute atomic E-state index is 14.0. The molecule has 1 aromatic carbocycles. The molecule has 0 saturated carbocycles. The van der Waals surface area contributed by atoms with E-state index in [0.717, 1.165) is 6.42 Å². The predicted octanol–water partition coefficient (Wildman–Crippen LogP) is 5.87. The number of ether oxygens (including phenoxy) is 1. The Hall–Kier alpha value is -0.640. The highest BCUT2D eigenvalue weighted by Gasteiger charge is 2.23. The second kappa shape index (κ2) is 6.88. The van der Waals surface area contributed by atoms with Gasteiger partial charge in [-0.15, -0.1) is 0 Å². The third kappa shape index (κ3) is 5.04. The Morgan fingerprint density at radius 1 is 1.20 bits per heavy atom. The molecule has 0 aliphatic rings. The SMILES string of the molecule is COc1cc(F)c(C(Br)CC(C)CC(C)(C)C)c(F)c1. The zero-order chi connectivity index (χ0) is 15.5. The Labute approximate surface area is 128 Å². The minimum absolute atomic E-state index is 0.0894. The van der Waals surface area contributed by atoms with Crippen LogP contribution in [0.3, 0.4) is 0 Å². The molecule has 0 aliphatic carbocycles. The van der Waals surface area contributed by atoms with Crippen molar-refractivity contribution < 1.29 is 13.5 Å². The van der Waals surface area contributed by atoms with Crippen molar-refractivity contribution in [3.05, 3.63) is 29.3 Å². The van der Waals surface area contributed by atoms with Gasteiger partial charge in [-0.1, -0.05) is 43.6 Å². The minimum atomic E-state index is -0.563. The van der Waals surface area contributed by atoms with Crippen LogP contribution < -0.4 is 4.74 Å². The van der Waals surface area contributed by atoms with Gasteiger partial charge in [-0.3, -0.25) is 0 Å². The molecule has 2 atom stereocenters. The van der Waals surface area contributed by atoms with Crippen molar-refractivity contribution in [3.63, 3.8) is 0 Å². The third-order valence-electron chi connectivity index (χ3n) is 3.17. The molecule has 0 aromatic heterocycles. The molecule has 1 aromatic rings. The lowest BCUT2D eigenvalue weighted by Gasteiger charge is -2.25. The number of hydrogen-bond acceptors (Lipinski definition) is 1. The molecule has 0 radical (unpaired) electrons. The largest absolute Gasteiger partial charge is 0.497 e. The molecule has 2 unspecified atom stereocenters. The van der Waals surface area contributed by atoms with Gasteiger partial charge in [0, 0.05) is 22.5 Å². The van der Waals surface area contributed by atoms with Gasteiger partial charge in [-0.25, -0.2) is 8.78 Å². The van der Waals surface area contributed by atoms with Crippen molar-refractivity contribution in [1.29, 1.82) is 0 Å². The van der Waals surface area contributed by atoms with Gasteiger partial charge < -0.3 is 4.74 Å². The van der Waals surface area contributed by atoms with Gasteiger partial charge in [0.2, 0.25) is 0 Å². The molecule has 1 rings (SSSR count). The fourth-order valence-corrected chi connectivity index (χ4v) is 3.65. The summed E-state index contributed by atoms with van der Waals surface area (Å²) in [5.74, 6) is -0.551. The predicted molar refractivity (Wildman–Crippen MR) is 82.4 cm³/mol. The van der Waals surface area contributed by atoms with Crippen molar-refractivity contribution >= 4 is 15.9 Å². The zero-order valence-corrected chi connectivity index (χ0v) is 14.4. The molecule has 0 amide bonds. The van der Waals surface area contributed by atoms with E-state index in [2.05, 4.69) is 43.6 Å². The van der Waals surface area contributed by atoms with Crippen LogP contribution in [-0.2, 0) is 0 Å². The van der Waals surface area contributed by atoms with E-state index in [0.29, 0.717) is 12.3 Å². The molecule has 20 heavy (non-hydrogen) atoms. The summed E-state index contributed by atoms with van der Waals surface area (Å²) < 4.78 is 32.8. The summed E-state index contributed by atoms with van der Waals surface area (Å²) in [5.41, 5.74) is 0.301. The average molecular weight is 349 g/mol. The number of alkyl halides is 1. The van der Waals surface area contributed by atoms with E-state index in [4.69, 9.17) is 4.74 Å². The maximum atomic E-state index is 14.0. The molecule has 0 saturated heterocycles. The second-order valence-corrected chi connectivity index (χ2v) is 7.68. The van der Waals surface area contributed by atoms with Crippen LogP contribution in [0, 0.1) is 23.0 Å². The fourth-order valence-electron chi connectivity index (χ4n) is 2.58. The van der Waals surface area contributed by atoms with Gasteiger partial charge in [0.15, 0.2) is 0 Å². The molecule has 1 nitrogen and oxygen atoms in total. The Morgan fingerprint density at radius 3 is 2.10 bits per heavy atom. The summed E-state index contributed by atoms with van der Waals surface area (Å²) >= 11 is 3.42. The van der Waals surface area contributed by atoms with E-state index >= 15 is 0 Å². The minimum Gasteiger partial charge on any atom is -0.497 e. The fraction of sp³-hybridized carbons (Fsp3) is 0.625. The summed E-state index contributed by atoms with van der Waals surface area (Å²) in [6.07, 6.45) is 1.70. The smallest absolute Gasteiger partial charge is 0.134 e. The molecular weight excluding hydrogens is 326 g/mol. The summed E-state index contributed by atoms with van der Waals surface area (Å²) in [6, 6.07) is 2.45. The third-order valence-corrected chi connectivity index (χ3v) is 4.00. The van der Waals surface area contributed by atoms with Gasteiger partial charge >= 0.3 is 0 Å². The Bertz CT molecular complexity index is 431. The Balaban J connectivity index is 2.85.